The van der Waals surface area contributed by atoms with Crippen LogP contribution >= 0.6 is 0 Å². The van der Waals surface area contributed by atoms with Crippen molar-refractivity contribution in [2.24, 2.45) is 0 Å². The van der Waals surface area contributed by atoms with Crippen molar-refractivity contribution >= 4 is 21.8 Å². The van der Waals surface area contributed by atoms with Crippen LogP contribution in [0.5, 0.6) is 0 Å². The molecule has 1 aliphatic rings. The second kappa shape index (κ2) is 5.34. The van der Waals surface area contributed by atoms with Crippen molar-refractivity contribution in [2.45, 2.75) is 24.7 Å². The minimum atomic E-state index is -3.82. The van der Waals surface area contributed by atoms with Crippen LogP contribution in [-0.2, 0) is 19.6 Å². The fourth-order valence-electron chi connectivity index (χ4n) is 1.95. The van der Waals surface area contributed by atoms with Gasteiger partial charge < -0.3 is 0 Å². The molecule has 2 rings (SSSR count). The van der Waals surface area contributed by atoms with Gasteiger partial charge in [-0.25, -0.2) is 8.42 Å². The van der Waals surface area contributed by atoms with Crippen LogP contribution in [0.1, 0.15) is 25.3 Å². The summed E-state index contributed by atoms with van der Waals surface area (Å²) >= 11 is 0. The van der Waals surface area contributed by atoms with E-state index < -0.39 is 21.8 Å². The van der Waals surface area contributed by atoms with E-state index in [0.29, 0.717) is 5.92 Å². The predicted molar refractivity (Wildman–Crippen MR) is 72.4 cm³/mol. The average Bonchev–Trinajstić information content (AvgIpc) is 2.37. The van der Waals surface area contributed by atoms with E-state index in [1.54, 1.807) is 12.1 Å². The summed E-state index contributed by atoms with van der Waals surface area (Å²) in [6, 6.07) is 6.48. The molecule has 1 heterocycles. The maximum atomic E-state index is 12.4. The summed E-state index contributed by atoms with van der Waals surface area (Å²) < 4.78 is 25.6. The van der Waals surface area contributed by atoms with Crippen molar-refractivity contribution in [1.29, 1.82) is 0 Å². The fraction of sp³-hybridized carbons (Fsp3) is 0.385. The van der Waals surface area contributed by atoms with Gasteiger partial charge in [0.1, 0.15) is 0 Å². The maximum Gasteiger partial charge on any atom is 0.244 e. The number of imide groups is 1. The van der Waals surface area contributed by atoms with Gasteiger partial charge in [0.15, 0.2) is 0 Å². The van der Waals surface area contributed by atoms with Gasteiger partial charge in [-0.2, -0.15) is 4.31 Å². The minimum absolute atomic E-state index is 0.0874. The lowest BCUT2D eigenvalue weighted by atomic mass is 10.0. The van der Waals surface area contributed by atoms with E-state index in [4.69, 9.17) is 0 Å². The third-order valence-electron chi connectivity index (χ3n) is 3.10. The molecule has 1 fully saturated rings. The van der Waals surface area contributed by atoms with Crippen LogP contribution in [-0.4, -0.2) is 37.6 Å². The lowest BCUT2D eigenvalue weighted by Crippen LogP contribution is -2.53. The SMILES string of the molecule is CC(C)c1ccc(S(=O)(=O)N2CC(=O)NC(=O)C2)cc1. The number of rotatable bonds is 3. The Bertz CT molecular complexity index is 619. The molecule has 0 aliphatic carbocycles. The van der Waals surface area contributed by atoms with Crippen molar-refractivity contribution in [1.82, 2.24) is 9.62 Å². The van der Waals surface area contributed by atoms with E-state index >= 15 is 0 Å². The van der Waals surface area contributed by atoms with Crippen molar-refractivity contribution in [3.63, 3.8) is 0 Å². The third kappa shape index (κ3) is 2.88. The number of amides is 2. The van der Waals surface area contributed by atoms with Gasteiger partial charge in [0, 0.05) is 0 Å². The Morgan fingerprint density at radius 2 is 1.55 bits per heavy atom. The number of carbonyl (C=O) groups is 2. The van der Waals surface area contributed by atoms with E-state index in [9.17, 15) is 18.0 Å². The molecule has 0 saturated carbocycles. The van der Waals surface area contributed by atoms with Crippen LogP contribution in [0.15, 0.2) is 29.2 Å². The van der Waals surface area contributed by atoms with Gasteiger partial charge in [0.2, 0.25) is 21.8 Å². The Hall–Kier alpha value is -1.73. The summed E-state index contributed by atoms with van der Waals surface area (Å²) in [5.41, 5.74) is 1.02. The highest BCUT2D eigenvalue weighted by atomic mass is 32.2. The molecule has 20 heavy (non-hydrogen) atoms. The molecule has 1 aromatic rings. The van der Waals surface area contributed by atoms with Crippen LogP contribution in [0.25, 0.3) is 0 Å². The lowest BCUT2D eigenvalue weighted by Gasteiger charge is -2.24. The van der Waals surface area contributed by atoms with Gasteiger partial charge in [0.05, 0.1) is 18.0 Å². The molecule has 0 aromatic heterocycles. The fourth-order valence-corrected chi connectivity index (χ4v) is 3.31. The normalized spacial score (nSPS) is 17.4. The van der Waals surface area contributed by atoms with Crippen molar-refractivity contribution < 1.29 is 18.0 Å². The molecule has 0 radical (unpaired) electrons. The average molecular weight is 296 g/mol. The van der Waals surface area contributed by atoms with E-state index in [2.05, 4.69) is 5.32 Å². The number of benzene rings is 1. The Kier molecular flexibility index (Phi) is 3.92. The molecule has 0 bridgehead atoms. The first-order valence-electron chi connectivity index (χ1n) is 6.23. The zero-order valence-corrected chi connectivity index (χ0v) is 12.1. The van der Waals surface area contributed by atoms with Crippen LogP contribution in [0.3, 0.4) is 0 Å². The zero-order chi connectivity index (χ0) is 14.9. The Morgan fingerprint density at radius 1 is 1.05 bits per heavy atom. The predicted octanol–water partition coefficient (Wildman–Crippen LogP) is 0.457. The molecule has 1 N–H and O–H groups in total. The van der Waals surface area contributed by atoms with Gasteiger partial charge >= 0.3 is 0 Å². The topological polar surface area (TPSA) is 83.6 Å². The lowest BCUT2D eigenvalue weighted by molar-refractivity contribution is -0.134. The summed E-state index contributed by atoms with van der Waals surface area (Å²) in [7, 11) is -3.82. The summed E-state index contributed by atoms with van der Waals surface area (Å²) in [5.74, 6) is -0.915. The maximum absolute atomic E-state index is 12.4. The molecule has 1 aromatic carbocycles. The van der Waals surface area contributed by atoms with Crippen LogP contribution in [0, 0.1) is 0 Å². The standard InChI is InChI=1S/C13H16N2O4S/c1-9(2)10-3-5-11(6-4-10)20(18,19)15-7-12(16)14-13(17)8-15/h3-6,9H,7-8H2,1-2H3,(H,14,16,17). The number of sulfonamides is 1. The zero-order valence-electron chi connectivity index (χ0n) is 11.3. The van der Waals surface area contributed by atoms with Crippen LogP contribution in [0.4, 0.5) is 0 Å². The second-order valence-corrected chi connectivity index (χ2v) is 6.91. The molecular weight excluding hydrogens is 280 g/mol. The molecule has 0 spiro atoms. The number of carbonyl (C=O) groups excluding carboxylic acids is 2. The molecule has 108 valence electrons. The number of piperazine rings is 1. The first kappa shape index (κ1) is 14.7. The van der Waals surface area contributed by atoms with Gasteiger partial charge in [-0.3, -0.25) is 14.9 Å². The number of hydrogen-bond donors (Lipinski definition) is 1. The molecule has 7 heteroatoms. The first-order chi connectivity index (χ1) is 9.30. The van der Waals surface area contributed by atoms with Crippen LogP contribution < -0.4 is 5.32 Å². The Labute approximate surface area is 117 Å². The Morgan fingerprint density at radius 3 is 2.00 bits per heavy atom. The minimum Gasteiger partial charge on any atom is -0.294 e. The molecule has 2 amide bonds. The number of nitrogens with one attached hydrogen (secondary N) is 1. The largest absolute Gasteiger partial charge is 0.294 e. The monoisotopic (exact) mass is 296 g/mol. The van der Waals surface area contributed by atoms with Gasteiger partial charge in [0.25, 0.3) is 0 Å². The van der Waals surface area contributed by atoms with Gasteiger partial charge in [-0.15, -0.1) is 0 Å². The Balaban J connectivity index is 2.30. The quantitative estimate of drug-likeness (QED) is 0.821. The molecule has 0 atom stereocenters. The molecule has 6 nitrogen and oxygen atoms in total. The van der Waals surface area contributed by atoms with Crippen molar-refractivity contribution in [3.8, 4) is 0 Å². The third-order valence-corrected chi connectivity index (χ3v) is 4.91. The summed E-state index contributed by atoms with van der Waals surface area (Å²) in [5, 5.41) is 2.07. The highest BCUT2D eigenvalue weighted by Gasteiger charge is 2.32. The number of hydrogen-bond acceptors (Lipinski definition) is 4. The smallest absolute Gasteiger partial charge is 0.244 e. The molecule has 0 unspecified atom stereocenters. The van der Waals surface area contributed by atoms with E-state index in [1.807, 2.05) is 13.8 Å². The molecule has 1 aliphatic heterocycles. The van der Waals surface area contributed by atoms with Crippen molar-refractivity contribution in [3.05, 3.63) is 29.8 Å². The highest BCUT2D eigenvalue weighted by Crippen LogP contribution is 2.20. The van der Waals surface area contributed by atoms with E-state index in [-0.39, 0.29) is 18.0 Å². The molecular formula is C13H16N2O4S. The van der Waals surface area contributed by atoms with E-state index in [1.165, 1.54) is 12.1 Å². The van der Waals surface area contributed by atoms with Gasteiger partial charge in [-0.1, -0.05) is 26.0 Å². The van der Waals surface area contributed by atoms with Crippen molar-refractivity contribution in [2.75, 3.05) is 13.1 Å². The van der Waals surface area contributed by atoms with Crippen LogP contribution in [0.2, 0.25) is 0 Å². The summed E-state index contributed by atoms with van der Waals surface area (Å²) in [6.07, 6.45) is 0. The van der Waals surface area contributed by atoms with E-state index in [0.717, 1.165) is 9.87 Å². The number of nitrogens with zero attached hydrogens (tertiary/aromatic N) is 1. The van der Waals surface area contributed by atoms with Gasteiger partial charge in [-0.05, 0) is 23.6 Å². The summed E-state index contributed by atoms with van der Waals surface area (Å²) in [4.78, 5) is 22.6. The highest BCUT2D eigenvalue weighted by molar-refractivity contribution is 7.89. The summed E-state index contributed by atoms with van der Waals surface area (Å²) in [6.45, 7) is 3.36. The second-order valence-electron chi connectivity index (χ2n) is 4.97. The molecule has 1 saturated heterocycles. The first-order valence-corrected chi connectivity index (χ1v) is 7.67.